The van der Waals surface area contributed by atoms with Crippen molar-refractivity contribution in [2.24, 2.45) is 0 Å². The third-order valence-corrected chi connectivity index (χ3v) is 7.13. The Balaban J connectivity index is 1.59. The number of benzene rings is 3. The molecule has 1 fully saturated rings. The molecule has 0 aliphatic carbocycles. The number of hydrogen-bond acceptors (Lipinski definition) is 6. The number of amides is 2. The molecule has 0 unspecified atom stereocenters. The molecule has 2 amide bonds. The number of imide groups is 1. The Hall–Kier alpha value is -2.78. The number of hydrogen-bond donors (Lipinski definition) is 0. The lowest BCUT2D eigenvalue weighted by Crippen LogP contribution is -2.27. The molecule has 184 valence electrons. The number of thioether (sulfide) groups is 1. The lowest BCUT2D eigenvalue weighted by Gasteiger charge is -2.14. The minimum absolute atomic E-state index is 0.0281. The van der Waals surface area contributed by atoms with Crippen LogP contribution < -0.4 is 9.47 Å². The van der Waals surface area contributed by atoms with Gasteiger partial charge in [0, 0.05) is 10.0 Å². The van der Waals surface area contributed by atoms with Crippen molar-refractivity contribution in [1.29, 1.82) is 0 Å². The number of nitrogens with zero attached hydrogens (tertiary/aromatic N) is 1. The average molecular weight is 607 g/mol. The molecule has 4 rings (SSSR count). The van der Waals surface area contributed by atoms with Crippen LogP contribution in [0.1, 0.15) is 28.4 Å². The molecule has 1 heterocycles. The maximum atomic E-state index is 13.0. The van der Waals surface area contributed by atoms with Crippen LogP contribution in [-0.4, -0.2) is 28.6 Å². The Morgan fingerprint density at radius 2 is 1.83 bits per heavy atom. The van der Waals surface area contributed by atoms with Gasteiger partial charge in [-0.15, -0.1) is 0 Å². The van der Waals surface area contributed by atoms with Crippen molar-refractivity contribution >= 4 is 74.1 Å². The number of carbonyl (C=O) groups is 3. The van der Waals surface area contributed by atoms with E-state index in [-0.39, 0.29) is 17.2 Å². The van der Waals surface area contributed by atoms with Crippen LogP contribution in [0.3, 0.4) is 0 Å². The third kappa shape index (κ3) is 5.95. The summed E-state index contributed by atoms with van der Waals surface area (Å²) in [5, 5.41) is 0.428. The molecular formula is C26H18BrCl2NO5S. The Morgan fingerprint density at radius 3 is 2.53 bits per heavy atom. The van der Waals surface area contributed by atoms with Crippen LogP contribution >= 0.6 is 50.9 Å². The lowest BCUT2D eigenvalue weighted by molar-refractivity contribution is -0.123. The molecule has 10 heteroatoms. The normalized spacial score (nSPS) is 14.4. The first-order valence-electron chi connectivity index (χ1n) is 10.7. The molecular weight excluding hydrogens is 589 g/mol. The van der Waals surface area contributed by atoms with Crippen LogP contribution in [0, 0.1) is 0 Å². The molecule has 6 nitrogen and oxygen atoms in total. The first-order valence-corrected chi connectivity index (χ1v) is 13.1. The zero-order chi connectivity index (χ0) is 25.8. The first kappa shape index (κ1) is 26.3. The van der Waals surface area contributed by atoms with Gasteiger partial charge < -0.3 is 9.47 Å². The highest BCUT2D eigenvalue weighted by molar-refractivity contribution is 9.10. The summed E-state index contributed by atoms with van der Waals surface area (Å²) in [4.78, 5) is 39.5. The van der Waals surface area contributed by atoms with Crippen molar-refractivity contribution in [1.82, 2.24) is 4.90 Å². The lowest BCUT2D eigenvalue weighted by atomic mass is 10.1. The molecule has 0 aromatic heterocycles. The predicted octanol–water partition coefficient (Wildman–Crippen LogP) is 7.61. The minimum Gasteiger partial charge on any atom is -0.490 e. The van der Waals surface area contributed by atoms with Gasteiger partial charge in [-0.1, -0.05) is 47.5 Å². The Labute approximate surface area is 230 Å². The molecule has 0 atom stereocenters. The van der Waals surface area contributed by atoms with Gasteiger partial charge in [-0.3, -0.25) is 14.5 Å². The second kappa shape index (κ2) is 11.5. The molecule has 0 saturated carbocycles. The predicted molar refractivity (Wildman–Crippen MR) is 145 cm³/mol. The van der Waals surface area contributed by atoms with Crippen LogP contribution in [-0.2, 0) is 11.3 Å². The fraction of sp³-hybridized carbons (Fsp3) is 0.115. The first-order chi connectivity index (χ1) is 17.3. The second-order valence-corrected chi connectivity index (χ2v) is 10.2. The molecule has 0 radical (unpaired) electrons. The molecule has 0 N–H and O–H groups in total. The monoisotopic (exact) mass is 605 g/mol. The van der Waals surface area contributed by atoms with Crippen molar-refractivity contribution in [3.05, 3.63) is 96.8 Å². The largest absolute Gasteiger partial charge is 0.490 e. The van der Waals surface area contributed by atoms with E-state index in [1.807, 2.05) is 0 Å². The maximum Gasteiger partial charge on any atom is 0.343 e. The fourth-order valence-corrected chi connectivity index (χ4v) is 5.21. The van der Waals surface area contributed by atoms with E-state index in [1.54, 1.807) is 73.7 Å². The molecule has 1 aliphatic heterocycles. The van der Waals surface area contributed by atoms with Gasteiger partial charge in [-0.2, -0.15) is 0 Å². The third-order valence-electron chi connectivity index (χ3n) is 5.05. The Bertz CT molecular complexity index is 1380. The van der Waals surface area contributed by atoms with Crippen LogP contribution in [0.4, 0.5) is 4.79 Å². The summed E-state index contributed by atoms with van der Waals surface area (Å²) in [7, 11) is 0. The standard InChI is InChI=1S/C26H18BrCl2NO5S/c1-2-34-21-11-15(10-19(27)23(21)35-25(32)16-6-4-3-5-7-16)12-22-24(31)30(26(33)36-22)14-17-8-9-18(28)13-20(17)29/h3-13H,2,14H2,1H3/b22-12-. The van der Waals surface area contributed by atoms with Gasteiger partial charge in [-0.05, 0) is 88.2 Å². The Morgan fingerprint density at radius 1 is 1.08 bits per heavy atom. The highest BCUT2D eigenvalue weighted by Gasteiger charge is 2.35. The van der Waals surface area contributed by atoms with E-state index < -0.39 is 17.1 Å². The van der Waals surface area contributed by atoms with Gasteiger partial charge in [0.15, 0.2) is 11.5 Å². The van der Waals surface area contributed by atoms with Crippen molar-refractivity contribution in [3.8, 4) is 11.5 Å². The van der Waals surface area contributed by atoms with Crippen molar-refractivity contribution in [3.63, 3.8) is 0 Å². The summed E-state index contributed by atoms with van der Waals surface area (Å²) in [5.41, 5.74) is 1.58. The van der Waals surface area contributed by atoms with E-state index in [0.29, 0.717) is 43.6 Å². The Kier molecular flexibility index (Phi) is 8.41. The van der Waals surface area contributed by atoms with E-state index in [4.69, 9.17) is 32.7 Å². The molecule has 1 aliphatic rings. The fourth-order valence-electron chi connectivity index (χ4n) is 3.37. The van der Waals surface area contributed by atoms with Crippen LogP contribution in [0.25, 0.3) is 6.08 Å². The SMILES string of the molecule is CCOc1cc(/C=C2\SC(=O)N(Cc3ccc(Cl)cc3Cl)C2=O)cc(Br)c1OC(=O)c1ccccc1. The zero-order valence-electron chi connectivity index (χ0n) is 18.8. The van der Waals surface area contributed by atoms with Gasteiger partial charge in [-0.25, -0.2) is 4.79 Å². The summed E-state index contributed by atoms with van der Waals surface area (Å²) < 4.78 is 11.7. The molecule has 0 bridgehead atoms. The topological polar surface area (TPSA) is 72.9 Å². The van der Waals surface area contributed by atoms with Gasteiger partial charge >= 0.3 is 5.97 Å². The number of esters is 1. The maximum absolute atomic E-state index is 13.0. The van der Waals surface area contributed by atoms with E-state index in [0.717, 1.165) is 16.7 Å². The van der Waals surface area contributed by atoms with Gasteiger partial charge in [0.2, 0.25) is 0 Å². The van der Waals surface area contributed by atoms with Gasteiger partial charge in [0.05, 0.1) is 28.1 Å². The highest BCUT2D eigenvalue weighted by atomic mass is 79.9. The highest BCUT2D eigenvalue weighted by Crippen LogP contribution is 2.40. The quantitative estimate of drug-likeness (QED) is 0.157. The number of carbonyl (C=O) groups excluding carboxylic acids is 3. The minimum atomic E-state index is -0.535. The number of halogens is 3. The summed E-state index contributed by atoms with van der Waals surface area (Å²) in [5.74, 6) is -0.445. The second-order valence-electron chi connectivity index (χ2n) is 7.52. The summed E-state index contributed by atoms with van der Waals surface area (Å²) in [6, 6.07) is 16.8. The van der Waals surface area contributed by atoms with E-state index in [9.17, 15) is 14.4 Å². The van der Waals surface area contributed by atoms with Crippen molar-refractivity contribution in [2.45, 2.75) is 13.5 Å². The van der Waals surface area contributed by atoms with E-state index >= 15 is 0 Å². The number of ether oxygens (including phenoxy) is 2. The molecule has 36 heavy (non-hydrogen) atoms. The van der Waals surface area contributed by atoms with Gasteiger partial charge in [0.25, 0.3) is 11.1 Å². The van der Waals surface area contributed by atoms with Crippen molar-refractivity contribution < 1.29 is 23.9 Å². The molecule has 3 aromatic rings. The van der Waals surface area contributed by atoms with Crippen LogP contribution in [0.2, 0.25) is 10.0 Å². The molecule has 1 saturated heterocycles. The molecule has 0 spiro atoms. The van der Waals surface area contributed by atoms with E-state index in [1.165, 1.54) is 0 Å². The summed E-state index contributed by atoms with van der Waals surface area (Å²) in [6.07, 6.45) is 1.59. The average Bonchev–Trinajstić information content (AvgIpc) is 3.10. The molecule has 3 aromatic carbocycles. The zero-order valence-corrected chi connectivity index (χ0v) is 22.7. The van der Waals surface area contributed by atoms with Gasteiger partial charge in [0.1, 0.15) is 0 Å². The van der Waals surface area contributed by atoms with Crippen molar-refractivity contribution in [2.75, 3.05) is 6.61 Å². The summed E-state index contributed by atoms with van der Waals surface area (Å²) >= 11 is 16.4. The number of rotatable bonds is 7. The van der Waals surface area contributed by atoms with Crippen LogP contribution in [0.15, 0.2) is 70.0 Å². The smallest absolute Gasteiger partial charge is 0.343 e. The summed E-state index contributed by atoms with van der Waals surface area (Å²) in [6.45, 7) is 2.15. The van der Waals surface area contributed by atoms with Crippen LogP contribution in [0.5, 0.6) is 11.5 Å². The van der Waals surface area contributed by atoms with E-state index in [2.05, 4.69) is 15.9 Å².